The summed E-state index contributed by atoms with van der Waals surface area (Å²) in [6, 6.07) is 4.46. The standard InChI is InChI=1S/C12H14FN3O/c1-16-3-2-15-12(16)8-17-11-5-9(7-14)4-10(13)6-11/h2-6H,7-8,14H2,1H3. The lowest BCUT2D eigenvalue weighted by molar-refractivity contribution is 0.290. The van der Waals surface area contributed by atoms with Crippen LogP contribution in [0.4, 0.5) is 4.39 Å². The number of hydrogen-bond acceptors (Lipinski definition) is 3. The molecule has 1 heterocycles. The Balaban J connectivity index is 2.09. The summed E-state index contributed by atoms with van der Waals surface area (Å²) in [7, 11) is 1.88. The molecule has 0 spiro atoms. The molecule has 17 heavy (non-hydrogen) atoms. The van der Waals surface area contributed by atoms with Crippen LogP contribution in [0, 0.1) is 5.82 Å². The Morgan fingerprint density at radius 3 is 2.88 bits per heavy atom. The maximum Gasteiger partial charge on any atom is 0.146 e. The van der Waals surface area contributed by atoms with Crippen LogP contribution >= 0.6 is 0 Å². The zero-order chi connectivity index (χ0) is 12.3. The number of halogens is 1. The van der Waals surface area contributed by atoms with E-state index in [9.17, 15) is 4.39 Å². The predicted molar refractivity (Wildman–Crippen MR) is 61.8 cm³/mol. The lowest BCUT2D eigenvalue weighted by Gasteiger charge is -2.07. The first-order chi connectivity index (χ1) is 8.19. The Kier molecular flexibility index (Phi) is 3.39. The summed E-state index contributed by atoms with van der Waals surface area (Å²) < 4.78 is 20.5. The highest BCUT2D eigenvalue weighted by atomic mass is 19.1. The van der Waals surface area contributed by atoms with Gasteiger partial charge >= 0.3 is 0 Å². The van der Waals surface area contributed by atoms with Crippen LogP contribution in [0.3, 0.4) is 0 Å². The summed E-state index contributed by atoms with van der Waals surface area (Å²) in [4.78, 5) is 4.12. The molecule has 2 N–H and O–H groups in total. The van der Waals surface area contributed by atoms with Gasteiger partial charge in [-0.3, -0.25) is 0 Å². The van der Waals surface area contributed by atoms with Gasteiger partial charge in [-0.25, -0.2) is 9.37 Å². The largest absolute Gasteiger partial charge is 0.486 e. The van der Waals surface area contributed by atoms with Crippen molar-refractivity contribution in [3.05, 3.63) is 47.8 Å². The normalized spacial score (nSPS) is 10.5. The molecule has 0 saturated heterocycles. The van der Waals surface area contributed by atoms with E-state index in [1.807, 2.05) is 17.8 Å². The number of ether oxygens (including phenoxy) is 1. The molecule has 2 rings (SSSR count). The lowest BCUT2D eigenvalue weighted by atomic mass is 10.2. The highest BCUT2D eigenvalue weighted by molar-refractivity contribution is 5.29. The average molecular weight is 235 g/mol. The minimum Gasteiger partial charge on any atom is -0.486 e. The van der Waals surface area contributed by atoms with Crippen molar-refractivity contribution in [2.75, 3.05) is 0 Å². The second-order valence-electron chi connectivity index (χ2n) is 3.74. The van der Waals surface area contributed by atoms with Crippen molar-refractivity contribution >= 4 is 0 Å². The number of nitrogens with two attached hydrogens (primary N) is 1. The summed E-state index contributed by atoms with van der Waals surface area (Å²) in [5, 5.41) is 0. The van der Waals surface area contributed by atoms with Gasteiger partial charge in [0.05, 0.1) is 0 Å². The van der Waals surface area contributed by atoms with Crippen LogP contribution in [0.15, 0.2) is 30.6 Å². The van der Waals surface area contributed by atoms with E-state index in [0.717, 1.165) is 5.82 Å². The molecule has 90 valence electrons. The molecule has 1 aromatic carbocycles. The smallest absolute Gasteiger partial charge is 0.146 e. The third-order valence-electron chi connectivity index (χ3n) is 2.46. The lowest BCUT2D eigenvalue weighted by Crippen LogP contribution is -2.04. The molecule has 0 radical (unpaired) electrons. The van der Waals surface area contributed by atoms with Crippen molar-refractivity contribution in [2.24, 2.45) is 12.8 Å². The van der Waals surface area contributed by atoms with E-state index in [4.69, 9.17) is 10.5 Å². The summed E-state index contributed by atoms with van der Waals surface area (Å²) in [5.74, 6) is 0.903. The van der Waals surface area contributed by atoms with E-state index in [2.05, 4.69) is 4.98 Å². The van der Waals surface area contributed by atoms with Crippen LogP contribution in [-0.2, 0) is 20.2 Å². The number of rotatable bonds is 4. The molecule has 0 unspecified atom stereocenters. The third-order valence-corrected chi connectivity index (χ3v) is 2.46. The van der Waals surface area contributed by atoms with E-state index in [-0.39, 0.29) is 12.4 Å². The summed E-state index contributed by atoms with van der Waals surface area (Å²) >= 11 is 0. The Bertz CT molecular complexity index is 510. The van der Waals surface area contributed by atoms with Gasteiger partial charge in [0, 0.05) is 32.1 Å². The van der Waals surface area contributed by atoms with E-state index in [1.165, 1.54) is 12.1 Å². The topological polar surface area (TPSA) is 53.1 Å². The molecule has 4 nitrogen and oxygen atoms in total. The predicted octanol–water partition coefficient (Wildman–Crippen LogP) is 1.60. The van der Waals surface area contributed by atoms with Crippen LogP contribution in [-0.4, -0.2) is 9.55 Å². The third kappa shape index (κ3) is 2.82. The Hall–Kier alpha value is -1.88. The van der Waals surface area contributed by atoms with Gasteiger partial charge in [0.25, 0.3) is 0 Å². The van der Waals surface area contributed by atoms with E-state index in [1.54, 1.807) is 12.3 Å². The van der Waals surface area contributed by atoms with Crippen molar-refractivity contribution in [3.63, 3.8) is 0 Å². The Morgan fingerprint density at radius 1 is 1.41 bits per heavy atom. The maximum absolute atomic E-state index is 13.2. The highest BCUT2D eigenvalue weighted by Crippen LogP contribution is 2.17. The number of aryl methyl sites for hydroxylation is 1. The van der Waals surface area contributed by atoms with Crippen molar-refractivity contribution in [2.45, 2.75) is 13.2 Å². The minimum atomic E-state index is -0.345. The number of nitrogens with zero attached hydrogens (tertiary/aromatic N) is 2. The van der Waals surface area contributed by atoms with Crippen molar-refractivity contribution in [1.82, 2.24) is 9.55 Å². The first-order valence-corrected chi connectivity index (χ1v) is 5.27. The SMILES string of the molecule is Cn1ccnc1COc1cc(F)cc(CN)c1. The molecule has 0 saturated carbocycles. The van der Waals surface area contributed by atoms with Crippen LogP contribution in [0.2, 0.25) is 0 Å². The van der Waals surface area contributed by atoms with Gasteiger partial charge in [0.1, 0.15) is 24.0 Å². The van der Waals surface area contributed by atoms with Crippen LogP contribution < -0.4 is 10.5 Å². The fourth-order valence-corrected chi connectivity index (χ4v) is 1.51. The fraction of sp³-hybridized carbons (Fsp3) is 0.250. The summed E-state index contributed by atoms with van der Waals surface area (Å²) in [6.45, 7) is 0.591. The van der Waals surface area contributed by atoms with Gasteiger partial charge in [0.15, 0.2) is 0 Å². The van der Waals surface area contributed by atoms with Gasteiger partial charge in [-0.05, 0) is 17.7 Å². The highest BCUT2D eigenvalue weighted by Gasteiger charge is 2.03. The molecule has 5 heteroatoms. The van der Waals surface area contributed by atoms with E-state index < -0.39 is 0 Å². The molecule has 0 aliphatic carbocycles. The second-order valence-corrected chi connectivity index (χ2v) is 3.74. The van der Waals surface area contributed by atoms with Gasteiger partial charge in [-0.15, -0.1) is 0 Å². The van der Waals surface area contributed by atoms with Crippen molar-refractivity contribution in [1.29, 1.82) is 0 Å². The number of imidazole rings is 1. The first-order valence-electron chi connectivity index (χ1n) is 5.27. The van der Waals surface area contributed by atoms with Gasteiger partial charge in [-0.1, -0.05) is 0 Å². The molecular weight excluding hydrogens is 221 g/mol. The van der Waals surface area contributed by atoms with E-state index in [0.29, 0.717) is 17.9 Å². The molecule has 0 bridgehead atoms. The van der Waals surface area contributed by atoms with E-state index >= 15 is 0 Å². The second kappa shape index (κ2) is 4.97. The number of hydrogen-bond donors (Lipinski definition) is 1. The monoisotopic (exact) mass is 235 g/mol. The Labute approximate surface area is 98.8 Å². The molecule has 2 aromatic rings. The molecule has 0 fully saturated rings. The van der Waals surface area contributed by atoms with Crippen molar-refractivity contribution in [3.8, 4) is 5.75 Å². The van der Waals surface area contributed by atoms with Gasteiger partial charge in [-0.2, -0.15) is 0 Å². The zero-order valence-corrected chi connectivity index (χ0v) is 9.56. The fourth-order valence-electron chi connectivity index (χ4n) is 1.51. The zero-order valence-electron chi connectivity index (χ0n) is 9.56. The molecule has 0 aliphatic rings. The number of benzene rings is 1. The quantitative estimate of drug-likeness (QED) is 0.875. The summed E-state index contributed by atoms with van der Waals surface area (Å²) in [6.07, 6.45) is 3.52. The molecule has 0 atom stereocenters. The number of aromatic nitrogens is 2. The van der Waals surface area contributed by atoms with Crippen LogP contribution in [0.1, 0.15) is 11.4 Å². The summed E-state index contributed by atoms with van der Waals surface area (Å²) in [5.41, 5.74) is 6.17. The maximum atomic E-state index is 13.2. The molecule has 0 aliphatic heterocycles. The molecule has 0 amide bonds. The molecular formula is C12H14FN3O. The van der Waals surface area contributed by atoms with Gasteiger partial charge < -0.3 is 15.0 Å². The van der Waals surface area contributed by atoms with Crippen LogP contribution in [0.25, 0.3) is 0 Å². The van der Waals surface area contributed by atoms with Gasteiger partial charge in [0.2, 0.25) is 0 Å². The van der Waals surface area contributed by atoms with Crippen molar-refractivity contribution < 1.29 is 9.13 Å². The average Bonchev–Trinajstić information content (AvgIpc) is 2.71. The Morgan fingerprint density at radius 2 is 2.24 bits per heavy atom. The minimum absolute atomic E-state index is 0.288. The molecule has 1 aromatic heterocycles. The first kappa shape index (κ1) is 11.6. The van der Waals surface area contributed by atoms with Crippen LogP contribution in [0.5, 0.6) is 5.75 Å².